The predicted molar refractivity (Wildman–Crippen MR) is 60.0 cm³/mol. The fraction of sp³-hybridized carbons (Fsp3) is 0.545. The summed E-state index contributed by atoms with van der Waals surface area (Å²) in [5, 5.41) is 14.3. The zero-order valence-electron chi connectivity index (χ0n) is 8.64. The van der Waals surface area contributed by atoms with Crippen molar-refractivity contribution in [3.63, 3.8) is 0 Å². The minimum atomic E-state index is -0.721. The average molecular weight is 225 g/mol. The molecule has 2 N–H and O–H groups in total. The van der Waals surface area contributed by atoms with Gasteiger partial charge in [0, 0.05) is 10.9 Å². The number of hydrogen-bond donors (Lipinski definition) is 2. The van der Waals surface area contributed by atoms with Crippen LogP contribution in [-0.2, 0) is 4.79 Å². The van der Waals surface area contributed by atoms with Crippen LogP contribution in [0.2, 0.25) is 0 Å². The summed E-state index contributed by atoms with van der Waals surface area (Å²) in [4.78, 5) is 12.2. The van der Waals surface area contributed by atoms with E-state index in [1.807, 2.05) is 24.4 Å². The molecule has 1 aliphatic rings. The Labute approximate surface area is 93.1 Å². The van der Waals surface area contributed by atoms with Gasteiger partial charge in [-0.2, -0.15) is 0 Å². The van der Waals surface area contributed by atoms with Crippen molar-refractivity contribution in [2.45, 2.75) is 31.8 Å². The fourth-order valence-corrected chi connectivity index (χ4v) is 2.47. The Kier molecular flexibility index (Phi) is 3.07. The summed E-state index contributed by atoms with van der Waals surface area (Å²) >= 11 is 1.66. The highest BCUT2D eigenvalue weighted by Gasteiger charge is 2.36. The highest BCUT2D eigenvalue weighted by Crippen LogP contribution is 2.34. The first-order valence-electron chi connectivity index (χ1n) is 5.20. The van der Waals surface area contributed by atoms with Crippen molar-refractivity contribution in [1.29, 1.82) is 0 Å². The standard InChI is InChI=1S/C11H15NO2S/c1-7(9-3-2-6-15-9)12-10(11(13)14)8-4-5-8/h2-3,6-8,10,12H,4-5H2,1H3,(H,13,14)/t7-,10?/m1/s1. The molecule has 0 amide bonds. The van der Waals surface area contributed by atoms with Gasteiger partial charge in [0.1, 0.15) is 6.04 Å². The zero-order chi connectivity index (χ0) is 10.8. The number of nitrogens with one attached hydrogen (secondary N) is 1. The highest BCUT2D eigenvalue weighted by atomic mass is 32.1. The third kappa shape index (κ3) is 2.58. The van der Waals surface area contributed by atoms with Crippen LogP contribution in [0.5, 0.6) is 0 Å². The number of aliphatic carboxylic acids is 1. The summed E-state index contributed by atoms with van der Waals surface area (Å²) in [7, 11) is 0. The molecule has 0 aliphatic heterocycles. The van der Waals surface area contributed by atoms with E-state index in [0.717, 1.165) is 12.8 Å². The van der Waals surface area contributed by atoms with Gasteiger partial charge in [0.15, 0.2) is 0 Å². The van der Waals surface area contributed by atoms with Gasteiger partial charge in [-0.25, -0.2) is 0 Å². The Balaban J connectivity index is 1.97. The van der Waals surface area contributed by atoms with E-state index < -0.39 is 5.97 Å². The lowest BCUT2D eigenvalue weighted by Gasteiger charge is -2.18. The largest absolute Gasteiger partial charge is 0.480 e. The number of hydrogen-bond acceptors (Lipinski definition) is 3. The van der Waals surface area contributed by atoms with Gasteiger partial charge in [-0.1, -0.05) is 6.07 Å². The molecule has 1 unspecified atom stereocenters. The molecule has 0 aromatic carbocycles. The Morgan fingerprint density at radius 3 is 2.87 bits per heavy atom. The van der Waals surface area contributed by atoms with Crippen molar-refractivity contribution in [2.75, 3.05) is 0 Å². The minimum Gasteiger partial charge on any atom is -0.480 e. The number of carboxylic acids is 1. The van der Waals surface area contributed by atoms with Crippen LogP contribution in [0.3, 0.4) is 0 Å². The van der Waals surface area contributed by atoms with E-state index >= 15 is 0 Å². The Bertz CT molecular complexity index is 332. The van der Waals surface area contributed by atoms with Gasteiger partial charge in [-0.3, -0.25) is 10.1 Å². The average Bonchev–Trinajstić information content (AvgIpc) is 2.87. The van der Waals surface area contributed by atoms with Crippen molar-refractivity contribution < 1.29 is 9.90 Å². The van der Waals surface area contributed by atoms with Crippen molar-refractivity contribution >= 4 is 17.3 Å². The Morgan fingerprint density at radius 2 is 2.40 bits per heavy atom. The van der Waals surface area contributed by atoms with Crippen molar-refractivity contribution in [3.8, 4) is 0 Å². The van der Waals surface area contributed by atoms with E-state index in [-0.39, 0.29) is 12.1 Å². The van der Waals surface area contributed by atoms with Crippen LogP contribution in [0.4, 0.5) is 0 Å². The zero-order valence-corrected chi connectivity index (χ0v) is 9.46. The van der Waals surface area contributed by atoms with Gasteiger partial charge in [0.25, 0.3) is 0 Å². The van der Waals surface area contributed by atoms with Crippen molar-refractivity contribution in [1.82, 2.24) is 5.32 Å². The summed E-state index contributed by atoms with van der Waals surface area (Å²) in [6, 6.07) is 3.79. The van der Waals surface area contributed by atoms with Crippen LogP contribution in [0.15, 0.2) is 17.5 Å². The molecule has 1 fully saturated rings. The predicted octanol–water partition coefficient (Wildman–Crippen LogP) is 2.26. The second kappa shape index (κ2) is 4.33. The lowest BCUT2D eigenvalue weighted by atomic mass is 10.1. The van der Waals surface area contributed by atoms with Gasteiger partial charge < -0.3 is 5.11 Å². The molecule has 0 spiro atoms. The van der Waals surface area contributed by atoms with Crippen molar-refractivity contribution in [2.24, 2.45) is 5.92 Å². The molecule has 1 saturated carbocycles. The molecule has 1 aromatic rings. The molecule has 3 nitrogen and oxygen atoms in total. The molecule has 2 rings (SSSR count). The monoisotopic (exact) mass is 225 g/mol. The lowest BCUT2D eigenvalue weighted by molar-refractivity contribution is -0.140. The van der Waals surface area contributed by atoms with Gasteiger partial charge >= 0.3 is 5.97 Å². The van der Waals surface area contributed by atoms with Gasteiger partial charge in [0.2, 0.25) is 0 Å². The fourth-order valence-electron chi connectivity index (χ4n) is 1.73. The first-order chi connectivity index (χ1) is 7.18. The summed E-state index contributed by atoms with van der Waals surface area (Å²) in [6.45, 7) is 2.02. The summed E-state index contributed by atoms with van der Waals surface area (Å²) in [6.07, 6.45) is 2.09. The van der Waals surface area contributed by atoms with Gasteiger partial charge in [-0.05, 0) is 37.1 Å². The molecule has 1 aliphatic carbocycles. The normalized spacial score (nSPS) is 19.8. The maximum absolute atomic E-state index is 11.0. The van der Waals surface area contributed by atoms with Crippen LogP contribution in [0.1, 0.15) is 30.7 Å². The number of carbonyl (C=O) groups is 1. The number of carboxylic acid groups (broad SMARTS) is 1. The van der Waals surface area contributed by atoms with E-state index in [9.17, 15) is 4.79 Å². The molecule has 1 heterocycles. The second-order valence-electron chi connectivity index (χ2n) is 4.06. The third-order valence-corrected chi connectivity index (χ3v) is 3.81. The highest BCUT2D eigenvalue weighted by molar-refractivity contribution is 7.10. The van der Waals surface area contributed by atoms with Gasteiger partial charge in [0.05, 0.1) is 0 Å². The molecular formula is C11H15NO2S. The second-order valence-corrected chi connectivity index (χ2v) is 5.04. The van der Waals surface area contributed by atoms with Crippen LogP contribution in [0.25, 0.3) is 0 Å². The molecule has 82 valence electrons. The van der Waals surface area contributed by atoms with Crippen LogP contribution >= 0.6 is 11.3 Å². The van der Waals surface area contributed by atoms with E-state index in [2.05, 4.69) is 5.32 Å². The van der Waals surface area contributed by atoms with E-state index in [1.54, 1.807) is 11.3 Å². The van der Waals surface area contributed by atoms with Crippen LogP contribution in [-0.4, -0.2) is 17.1 Å². The van der Waals surface area contributed by atoms with E-state index in [1.165, 1.54) is 4.88 Å². The Morgan fingerprint density at radius 1 is 1.67 bits per heavy atom. The summed E-state index contributed by atoms with van der Waals surface area (Å²) in [5.41, 5.74) is 0. The topological polar surface area (TPSA) is 49.3 Å². The Hall–Kier alpha value is -0.870. The van der Waals surface area contributed by atoms with E-state index in [0.29, 0.717) is 5.92 Å². The molecular weight excluding hydrogens is 210 g/mol. The van der Waals surface area contributed by atoms with Crippen molar-refractivity contribution in [3.05, 3.63) is 22.4 Å². The smallest absolute Gasteiger partial charge is 0.321 e. The van der Waals surface area contributed by atoms with Crippen LogP contribution in [0, 0.1) is 5.92 Å². The first kappa shape index (κ1) is 10.6. The molecule has 15 heavy (non-hydrogen) atoms. The SMILES string of the molecule is C[C@@H](NC(C(=O)O)C1CC1)c1cccs1. The molecule has 0 radical (unpaired) electrons. The summed E-state index contributed by atoms with van der Waals surface area (Å²) < 4.78 is 0. The van der Waals surface area contributed by atoms with E-state index in [4.69, 9.17) is 5.11 Å². The lowest BCUT2D eigenvalue weighted by Crippen LogP contribution is -2.39. The molecule has 0 bridgehead atoms. The quantitative estimate of drug-likeness (QED) is 0.808. The molecule has 2 atom stereocenters. The maximum Gasteiger partial charge on any atom is 0.321 e. The minimum absolute atomic E-state index is 0.131. The summed E-state index contributed by atoms with van der Waals surface area (Å²) in [5.74, 6) is -0.384. The third-order valence-electron chi connectivity index (χ3n) is 2.76. The first-order valence-corrected chi connectivity index (χ1v) is 6.08. The molecule has 4 heteroatoms. The molecule has 0 saturated heterocycles. The number of rotatable bonds is 5. The maximum atomic E-state index is 11.0. The van der Waals surface area contributed by atoms with Gasteiger partial charge in [-0.15, -0.1) is 11.3 Å². The van der Waals surface area contributed by atoms with Crippen LogP contribution < -0.4 is 5.32 Å². The molecule has 1 aromatic heterocycles. The number of thiophene rings is 1.